The number of carbonyl (C=O) groups is 2. The monoisotopic (exact) mass is 211 g/mol. The number of carboxylic acids is 1. The zero-order valence-corrected chi connectivity index (χ0v) is 9.06. The van der Waals surface area contributed by atoms with E-state index in [-0.39, 0.29) is 11.9 Å². The van der Waals surface area contributed by atoms with Crippen molar-refractivity contribution in [1.82, 2.24) is 5.32 Å². The number of hydrogen-bond donors (Lipinski definition) is 2. The Hall–Kier alpha value is -1.32. The molecule has 0 aliphatic heterocycles. The van der Waals surface area contributed by atoms with Crippen LogP contribution in [0.3, 0.4) is 0 Å². The molecule has 0 bridgehead atoms. The molecule has 2 atom stereocenters. The summed E-state index contributed by atoms with van der Waals surface area (Å²) in [6, 6.07) is 0.0536. The van der Waals surface area contributed by atoms with Gasteiger partial charge in [-0.05, 0) is 26.7 Å². The third-order valence-corrected chi connectivity index (χ3v) is 2.52. The van der Waals surface area contributed by atoms with Gasteiger partial charge in [-0.15, -0.1) is 0 Å². The lowest BCUT2D eigenvalue weighted by atomic mass is 9.82. The van der Waals surface area contributed by atoms with Crippen molar-refractivity contribution in [3.63, 3.8) is 0 Å². The first-order valence-corrected chi connectivity index (χ1v) is 5.20. The Morgan fingerprint density at radius 1 is 1.27 bits per heavy atom. The molecule has 0 saturated carbocycles. The molecule has 0 aromatic carbocycles. The summed E-state index contributed by atoms with van der Waals surface area (Å²) in [5.74, 6) is -2.03. The van der Waals surface area contributed by atoms with Crippen LogP contribution in [0.2, 0.25) is 0 Å². The van der Waals surface area contributed by atoms with Crippen molar-refractivity contribution in [2.24, 2.45) is 11.8 Å². The molecule has 1 aliphatic carbocycles. The fraction of sp³-hybridized carbons (Fsp3) is 0.636. The molecule has 1 amide bonds. The topological polar surface area (TPSA) is 66.4 Å². The van der Waals surface area contributed by atoms with Gasteiger partial charge in [-0.1, -0.05) is 12.2 Å². The van der Waals surface area contributed by atoms with Crippen molar-refractivity contribution < 1.29 is 14.7 Å². The van der Waals surface area contributed by atoms with Crippen LogP contribution in [0, 0.1) is 11.8 Å². The van der Waals surface area contributed by atoms with E-state index in [0.717, 1.165) is 0 Å². The summed E-state index contributed by atoms with van der Waals surface area (Å²) >= 11 is 0. The Bertz CT molecular complexity index is 284. The van der Waals surface area contributed by atoms with E-state index in [1.807, 2.05) is 26.0 Å². The van der Waals surface area contributed by atoms with Crippen molar-refractivity contribution >= 4 is 11.9 Å². The van der Waals surface area contributed by atoms with E-state index in [1.54, 1.807) is 0 Å². The van der Waals surface area contributed by atoms with Gasteiger partial charge in [0.25, 0.3) is 0 Å². The van der Waals surface area contributed by atoms with Crippen molar-refractivity contribution in [3.8, 4) is 0 Å². The van der Waals surface area contributed by atoms with Gasteiger partial charge in [0.15, 0.2) is 0 Å². The molecule has 15 heavy (non-hydrogen) atoms. The Morgan fingerprint density at radius 2 is 1.80 bits per heavy atom. The summed E-state index contributed by atoms with van der Waals surface area (Å²) in [6.45, 7) is 3.73. The number of hydrogen-bond acceptors (Lipinski definition) is 2. The average molecular weight is 211 g/mol. The highest BCUT2D eigenvalue weighted by molar-refractivity contribution is 5.85. The lowest BCUT2D eigenvalue weighted by Gasteiger charge is -2.25. The predicted octanol–water partition coefficient (Wildman–Crippen LogP) is 1.18. The van der Waals surface area contributed by atoms with E-state index in [1.165, 1.54) is 0 Å². The van der Waals surface area contributed by atoms with E-state index >= 15 is 0 Å². The van der Waals surface area contributed by atoms with Crippen LogP contribution in [0.1, 0.15) is 26.7 Å². The molecule has 84 valence electrons. The Morgan fingerprint density at radius 3 is 2.27 bits per heavy atom. The minimum Gasteiger partial charge on any atom is -0.481 e. The van der Waals surface area contributed by atoms with Gasteiger partial charge in [0.2, 0.25) is 5.91 Å². The quantitative estimate of drug-likeness (QED) is 0.689. The molecule has 0 spiro atoms. The predicted molar refractivity (Wildman–Crippen MR) is 56.3 cm³/mol. The first-order valence-electron chi connectivity index (χ1n) is 5.20. The highest BCUT2D eigenvalue weighted by Crippen LogP contribution is 2.26. The van der Waals surface area contributed by atoms with Gasteiger partial charge >= 0.3 is 5.97 Å². The highest BCUT2D eigenvalue weighted by atomic mass is 16.4. The number of rotatable bonds is 3. The molecule has 0 radical (unpaired) electrons. The van der Waals surface area contributed by atoms with Crippen LogP contribution in [0.4, 0.5) is 0 Å². The fourth-order valence-electron chi connectivity index (χ4n) is 1.77. The summed E-state index contributed by atoms with van der Waals surface area (Å²) in [5.41, 5.74) is 0. The second-order valence-corrected chi connectivity index (χ2v) is 4.16. The van der Waals surface area contributed by atoms with Gasteiger partial charge in [0.1, 0.15) is 0 Å². The molecule has 0 saturated heterocycles. The van der Waals surface area contributed by atoms with Crippen LogP contribution in [-0.4, -0.2) is 23.0 Å². The van der Waals surface area contributed by atoms with Crippen molar-refractivity contribution in [1.29, 1.82) is 0 Å². The zero-order chi connectivity index (χ0) is 11.4. The zero-order valence-electron chi connectivity index (χ0n) is 9.06. The number of carboxylic acid groups (broad SMARTS) is 1. The maximum Gasteiger partial charge on any atom is 0.307 e. The second kappa shape index (κ2) is 4.96. The molecule has 0 unspecified atom stereocenters. The van der Waals surface area contributed by atoms with Gasteiger partial charge in [-0.2, -0.15) is 0 Å². The largest absolute Gasteiger partial charge is 0.481 e. The third-order valence-electron chi connectivity index (χ3n) is 2.52. The van der Waals surface area contributed by atoms with E-state index in [9.17, 15) is 9.59 Å². The van der Waals surface area contributed by atoms with Gasteiger partial charge in [-0.25, -0.2) is 0 Å². The Kier molecular flexibility index (Phi) is 3.88. The van der Waals surface area contributed by atoms with Crippen molar-refractivity contribution in [2.75, 3.05) is 0 Å². The molecule has 2 N–H and O–H groups in total. The summed E-state index contributed by atoms with van der Waals surface area (Å²) in [6.07, 6.45) is 4.68. The van der Waals surface area contributed by atoms with Crippen LogP contribution in [0.25, 0.3) is 0 Å². The fourth-order valence-corrected chi connectivity index (χ4v) is 1.77. The molecule has 4 nitrogen and oxygen atoms in total. The smallest absolute Gasteiger partial charge is 0.307 e. The summed E-state index contributed by atoms with van der Waals surface area (Å²) in [4.78, 5) is 22.7. The lowest BCUT2D eigenvalue weighted by Crippen LogP contribution is -2.41. The van der Waals surface area contributed by atoms with Crippen LogP contribution in [0.15, 0.2) is 12.2 Å². The molecular weight excluding hydrogens is 194 g/mol. The maximum atomic E-state index is 11.7. The summed E-state index contributed by atoms with van der Waals surface area (Å²) in [7, 11) is 0. The number of nitrogens with one attached hydrogen (secondary N) is 1. The second-order valence-electron chi connectivity index (χ2n) is 4.16. The molecule has 1 rings (SSSR count). The van der Waals surface area contributed by atoms with Gasteiger partial charge in [-0.3, -0.25) is 9.59 Å². The number of amides is 1. The minimum atomic E-state index is -0.886. The van der Waals surface area contributed by atoms with Crippen LogP contribution in [0.5, 0.6) is 0 Å². The van der Waals surface area contributed by atoms with Gasteiger partial charge in [0.05, 0.1) is 11.8 Å². The van der Waals surface area contributed by atoms with Crippen molar-refractivity contribution in [2.45, 2.75) is 32.7 Å². The molecule has 4 heteroatoms. The normalized spacial score (nSPS) is 25.3. The highest BCUT2D eigenvalue weighted by Gasteiger charge is 2.33. The van der Waals surface area contributed by atoms with E-state index in [0.29, 0.717) is 12.8 Å². The molecule has 0 aromatic rings. The molecule has 0 fully saturated rings. The van der Waals surface area contributed by atoms with Crippen LogP contribution in [-0.2, 0) is 9.59 Å². The van der Waals surface area contributed by atoms with E-state index < -0.39 is 17.8 Å². The van der Waals surface area contributed by atoms with Gasteiger partial charge < -0.3 is 10.4 Å². The molecule has 1 aliphatic rings. The van der Waals surface area contributed by atoms with Crippen LogP contribution < -0.4 is 5.32 Å². The van der Waals surface area contributed by atoms with Crippen molar-refractivity contribution in [3.05, 3.63) is 12.2 Å². The lowest BCUT2D eigenvalue weighted by molar-refractivity contribution is -0.147. The number of allylic oxidation sites excluding steroid dienone is 2. The third kappa shape index (κ3) is 3.08. The Balaban J connectivity index is 2.69. The van der Waals surface area contributed by atoms with Crippen LogP contribution >= 0.6 is 0 Å². The molecule has 0 heterocycles. The number of carbonyl (C=O) groups excluding carboxylic acids is 1. The first kappa shape index (κ1) is 11.8. The summed E-state index contributed by atoms with van der Waals surface area (Å²) in [5, 5.41) is 11.7. The Labute approximate surface area is 89.4 Å². The first-order chi connectivity index (χ1) is 7.02. The summed E-state index contributed by atoms with van der Waals surface area (Å²) < 4.78 is 0. The molecule has 0 aromatic heterocycles. The molecular formula is C11H17NO3. The minimum absolute atomic E-state index is 0.0536. The average Bonchev–Trinajstić information content (AvgIpc) is 2.16. The van der Waals surface area contributed by atoms with Gasteiger partial charge in [0, 0.05) is 6.04 Å². The SMILES string of the molecule is CC(C)NC(=O)[C@H]1CC=CC[C@H]1C(=O)O. The standard InChI is InChI=1S/C11H17NO3/c1-7(2)12-10(13)8-5-3-4-6-9(8)11(14)15/h3-4,7-9H,5-6H2,1-2H3,(H,12,13)(H,14,15)/t8-,9+/m0/s1. The maximum absolute atomic E-state index is 11.7. The van der Waals surface area contributed by atoms with E-state index in [4.69, 9.17) is 5.11 Å². The van der Waals surface area contributed by atoms with E-state index in [2.05, 4.69) is 5.32 Å². The number of aliphatic carboxylic acids is 1.